The van der Waals surface area contributed by atoms with Crippen LogP contribution in [0.15, 0.2) is 36.5 Å². The lowest BCUT2D eigenvalue weighted by molar-refractivity contribution is -0.125. The van der Waals surface area contributed by atoms with Crippen molar-refractivity contribution in [3.8, 4) is 10.4 Å². The van der Waals surface area contributed by atoms with Gasteiger partial charge in [-0.2, -0.15) is 0 Å². The lowest BCUT2D eigenvalue weighted by Gasteiger charge is -2.22. The number of carbonyl (C=O) groups excluding carboxylic acids is 1. The molecule has 1 heterocycles. The van der Waals surface area contributed by atoms with Crippen molar-refractivity contribution in [3.63, 3.8) is 0 Å². The number of aromatic nitrogens is 1. The first-order valence-corrected chi connectivity index (χ1v) is 7.57. The Morgan fingerprint density at radius 1 is 1.36 bits per heavy atom. The molecule has 4 nitrogen and oxygen atoms in total. The van der Waals surface area contributed by atoms with Crippen molar-refractivity contribution in [1.29, 1.82) is 0 Å². The Morgan fingerprint density at radius 3 is 2.55 bits per heavy atom. The van der Waals surface area contributed by atoms with Crippen molar-refractivity contribution >= 4 is 29.0 Å². The van der Waals surface area contributed by atoms with Gasteiger partial charge in [-0.1, -0.05) is 35.9 Å². The molecule has 0 bridgehead atoms. The number of amides is 1. The van der Waals surface area contributed by atoms with Crippen molar-refractivity contribution in [2.75, 3.05) is 6.67 Å². The largest absolute Gasteiger partial charge is 0.386 e. The first-order chi connectivity index (χ1) is 10.5. The molecule has 22 heavy (non-hydrogen) atoms. The summed E-state index contributed by atoms with van der Waals surface area (Å²) in [6, 6.07) is 7.32. The highest BCUT2D eigenvalue weighted by atomic mass is 35.5. The van der Waals surface area contributed by atoms with E-state index >= 15 is 0 Å². The second-order valence-corrected chi connectivity index (χ2v) is 5.73. The molecule has 0 spiro atoms. The van der Waals surface area contributed by atoms with E-state index in [1.165, 1.54) is 11.5 Å². The summed E-state index contributed by atoms with van der Waals surface area (Å²) in [6.45, 7) is -1.05. The molecule has 0 aliphatic rings. The van der Waals surface area contributed by atoms with E-state index in [0.717, 1.165) is 10.4 Å². The minimum absolute atomic E-state index is 0.404. The summed E-state index contributed by atoms with van der Waals surface area (Å²) in [5.74, 6) is -1.18. The second-order valence-electron chi connectivity index (χ2n) is 4.51. The van der Waals surface area contributed by atoms with Gasteiger partial charge in [-0.05, 0) is 28.7 Å². The Balaban J connectivity index is 2.10. The van der Waals surface area contributed by atoms with Crippen LogP contribution < -0.4 is 5.32 Å². The van der Waals surface area contributed by atoms with Gasteiger partial charge in [0.15, 0.2) is 0 Å². The van der Waals surface area contributed by atoms with Gasteiger partial charge in [0.05, 0.1) is 10.9 Å². The second kappa shape index (κ2) is 7.62. The van der Waals surface area contributed by atoms with E-state index in [0.29, 0.717) is 5.56 Å². The van der Waals surface area contributed by atoms with Gasteiger partial charge in [0.2, 0.25) is 0 Å². The molecule has 3 unspecified atom stereocenters. The number of benzene rings is 1. The highest BCUT2D eigenvalue weighted by Crippen LogP contribution is 2.25. The molecule has 0 radical (unpaired) electrons. The van der Waals surface area contributed by atoms with E-state index in [1.54, 1.807) is 30.5 Å². The molecule has 3 atom stereocenters. The Kier molecular flexibility index (Phi) is 5.82. The maximum Gasteiger partial charge on any atom is 0.270 e. The SMILES string of the molecule is O=C(NC(CF)C(O)c1ccc(-c2ccns2)cc1)C(F)Cl. The minimum Gasteiger partial charge on any atom is -0.386 e. The molecule has 1 aromatic carbocycles. The lowest BCUT2D eigenvalue weighted by atomic mass is 10.0. The molecular formula is C14H13ClF2N2O2S. The molecular weight excluding hydrogens is 334 g/mol. The highest BCUT2D eigenvalue weighted by Gasteiger charge is 2.25. The molecule has 0 aliphatic heterocycles. The molecule has 2 N–H and O–H groups in total. The van der Waals surface area contributed by atoms with Crippen molar-refractivity contribution in [1.82, 2.24) is 9.69 Å². The number of rotatable bonds is 6. The molecule has 0 aliphatic carbocycles. The average molecular weight is 347 g/mol. The van der Waals surface area contributed by atoms with Crippen LogP contribution in [0.2, 0.25) is 0 Å². The highest BCUT2D eigenvalue weighted by molar-refractivity contribution is 7.09. The van der Waals surface area contributed by atoms with Crippen molar-refractivity contribution in [2.45, 2.75) is 17.8 Å². The fourth-order valence-electron chi connectivity index (χ4n) is 1.89. The molecule has 1 amide bonds. The van der Waals surface area contributed by atoms with Gasteiger partial charge < -0.3 is 10.4 Å². The third-order valence-corrected chi connectivity index (χ3v) is 4.04. The predicted molar refractivity (Wildman–Crippen MR) is 81.2 cm³/mol. The summed E-state index contributed by atoms with van der Waals surface area (Å²) in [5.41, 5.74) is -0.972. The first kappa shape index (κ1) is 16.8. The number of carbonyl (C=O) groups is 1. The summed E-state index contributed by atoms with van der Waals surface area (Å²) >= 11 is 6.30. The zero-order valence-corrected chi connectivity index (χ0v) is 12.8. The number of aliphatic hydroxyl groups excluding tert-OH is 1. The topological polar surface area (TPSA) is 62.2 Å². The molecule has 2 rings (SSSR count). The maximum absolute atomic E-state index is 13.0. The molecule has 118 valence electrons. The molecule has 0 fully saturated rings. The number of alkyl halides is 3. The van der Waals surface area contributed by atoms with Crippen LogP contribution in [0.25, 0.3) is 10.4 Å². The number of hydrogen-bond acceptors (Lipinski definition) is 4. The van der Waals surface area contributed by atoms with Gasteiger partial charge in [-0.15, -0.1) is 0 Å². The Labute approximate surface area is 134 Å². The Morgan fingerprint density at radius 2 is 2.05 bits per heavy atom. The summed E-state index contributed by atoms with van der Waals surface area (Å²) in [6.07, 6.45) is 0.372. The lowest BCUT2D eigenvalue weighted by Crippen LogP contribution is -2.43. The van der Waals surface area contributed by atoms with E-state index in [1.807, 2.05) is 11.4 Å². The van der Waals surface area contributed by atoms with Gasteiger partial charge in [0, 0.05) is 6.20 Å². The fourth-order valence-corrected chi connectivity index (χ4v) is 2.55. The molecule has 2 aromatic rings. The van der Waals surface area contributed by atoms with Crippen molar-refractivity contribution < 1.29 is 18.7 Å². The van der Waals surface area contributed by atoms with Crippen molar-refractivity contribution in [2.24, 2.45) is 0 Å². The number of hydrogen-bond donors (Lipinski definition) is 2. The Hall–Kier alpha value is -1.57. The number of halogens is 3. The van der Waals surface area contributed by atoms with Crippen LogP contribution >= 0.6 is 23.1 Å². The van der Waals surface area contributed by atoms with E-state index < -0.39 is 30.4 Å². The van der Waals surface area contributed by atoms with Gasteiger partial charge in [0.1, 0.15) is 12.8 Å². The standard InChI is InChI=1S/C14H13ClF2N2O2S/c15-13(17)14(21)19-10(7-16)12(20)9-3-1-8(2-4-9)11-5-6-18-22-11/h1-6,10,12-13,20H,7H2,(H,19,21). The van der Waals surface area contributed by atoms with E-state index in [-0.39, 0.29) is 0 Å². The zero-order valence-electron chi connectivity index (χ0n) is 11.2. The quantitative estimate of drug-likeness (QED) is 0.791. The maximum atomic E-state index is 13.0. The molecule has 0 saturated heterocycles. The summed E-state index contributed by atoms with van der Waals surface area (Å²) in [5, 5.41) is 12.1. The predicted octanol–water partition coefficient (Wildman–Crippen LogP) is 2.83. The smallest absolute Gasteiger partial charge is 0.270 e. The minimum atomic E-state index is -2.28. The summed E-state index contributed by atoms with van der Waals surface area (Å²) in [4.78, 5) is 12.1. The number of nitrogens with one attached hydrogen (secondary N) is 1. The summed E-state index contributed by atoms with van der Waals surface area (Å²) < 4.78 is 29.6. The monoisotopic (exact) mass is 346 g/mol. The van der Waals surface area contributed by atoms with Gasteiger partial charge in [-0.3, -0.25) is 4.79 Å². The van der Waals surface area contributed by atoms with E-state index in [9.17, 15) is 18.7 Å². The van der Waals surface area contributed by atoms with Crippen LogP contribution in [0, 0.1) is 0 Å². The summed E-state index contributed by atoms with van der Waals surface area (Å²) in [7, 11) is 0. The van der Waals surface area contributed by atoms with Crippen LogP contribution in [-0.4, -0.2) is 33.7 Å². The third kappa shape index (κ3) is 4.00. The van der Waals surface area contributed by atoms with Gasteiger partial charge in [0.25, 0.3) is 11.5 Å². The first-order valence-electron chi connectivity index (χ1n) is 6.36. The van der Waals surface area contributed by atoms with E-state index in [2.05, 4.69) is 4.37 Å². The normalized spacial score (nSPS) is 15.1. The molecule has 1 aromatic heterocycles. The van der Waals surface area contributed by atoms with Crippen molar-refractivity contribution in [3.05, 3.63) is 42.1 Å². The number of nitrogens with zero attached hydrogens (tertiary/aromatic N) is 1. The van der Waals surface area contributed by atoms with Crippen LogP contribution in [-0.2, 0) is 4.79 Å². The average Bonchev–Trinajstić information content (AvgIpc) is 3.06. The van der Waals surface area contributed by atoms with Crippen LogP contribution in [0.5, 0.6) is 0 Å². The Bertz CT molecular complexity index is 608. The van der Waals surface area contributed by atoms with Crippen LogP contribution in [0.3, 0.4) is 0 Å². The van der Waals surface area contributed by atoms with E-state index in [4.69, 9.17) is 11.6 Å². The number of aliphatic hydroxyl groups is 1. The van der Waals surface area contributed by atoms with Crippen LogP contribution in [0.4, 0.5) is 8.78 Å². The van der Waals surface area contributed by atoms with Gasteiger partial charge >= 0.3 is 0 Å². The van der Waals surface area contributed by atoms with Crippen LogP contribution in [0.1, 0.15) is 11.7 Å². The zero-order chi connectivity index (χ0) is 16.1. The molecule has 0 saturated carbocycles. The molecule has 8 heteroatoms. The third-order valence-electron chi connectivity index (χ3n) is 3.05. The van der Waals surface area contributed by atoms with Gasteiger partial charge in [-0.25, -0.2) is 13.2 Å². The fraction of sp³-hybridized carbons (Fsp3) is 0.286.